The monoisotopic (exact) mass is 236 g/mol. The average Bonchev–Trinajstić information content (AvgIpc) is 2.26. The van der Waals surface area contributed by atoms with Crippen molar-refractivity contribution in [2.75, 3.05) is 0 Å². The Hall–Kier alpha value is -1.65. The van der Waals surface area contributed by atoms with Crippen molar-refractivity contribution in [1.29, 1.82) is 5.41 Å². The molecule has 0 aromatic carbocycles. The van der Waals surface area contributed by atoms with Gasteiger partial charge < -0.3 is 10.5 Å². The number of rotatable bonds is 5. The van der Waals surface area contributed by atoms with Gasteiger partial charge in [-0.05, 0) is 32.3 Å². The molecule has 0 aliphatic carbocycles. The summed E-state index contributed by atoms with van der Waals surface area (Å²) in [6.45, 7) is 7.84. The number of hydrogen-bond acceptors (Lipinski definition) is 4. The Morgan fingerprint density at radius 2 is 1.94 bits per heavy atom. The molecule has 0 aliphatic heterocycles. The predicted octanol–water partition coefficient (Wildman–Crippen LogP) is 1.67. The van der Waals surface area contributed by atoms with Crippen LogP contribution >= 0.6 is 0 Å². The number of nitrogens with one attached hydrogen (secondary N) is 1. The summed E-state index contributed by atoms with van der Waals surface area (Å²) in [7, 11) is 0. The third-order valence-electron chi connectivity index (χ3n) is 2.43. The zero-order valence-electron chi connectivity index (χ0n) is 10.9. The molecule has 0 radical (unpaired) electrons. The van der Waals surface area contributed by atoms with Gasteiger partial charge in [0.25, 0.3) is 0 Å². The maximum absolute atomic E-state index is 7.67. The molecule has 0 amide bonds. The molecule has 1 aromatic rings. The molecule has 1 heterocycles. The highest BCUT2D eigenvalue weighted by Gasteiger charge is 2.18. The fourth-order valence-electron chi connectivity index (χ4n) is 1.74. The van der Waals surface area contributed by atoms with Gasteiger partial charge in [-0.25, -0.2) is 0 Å². The van der Waals surface area contributed by atoms with E-state index in [2.05, 4.69) is 10.2 Å². The molecule has 5 heteroatoms. The minimum absolute atomic E-state index is 0.0119. The van der Waals surface area contributed by atoms with E-state index in [4.69, 9.17) is 15.9 Å². The Bertz CT molecular complexity index is 415. The van der Waals surface area contributed by atoms with Gasteiger partial charge in [-0.2, -0.15) is 5.10 Å². The molecule has 3 N–H and O–H groups in total. The summed E-state index contributed by atoms with van der Waals surface area (Å²) in [6.07, 6.45) is 1.53. The number of aromatic nitrogens is 2. The van der Waals surface area contributed by atoms with Crippen molar-refractivity contribution in [2.24, 2.45) is 5.73 Å². The Morgan fingerprint density at radius 1 is 1.29 bits per heavy atom. The van der Waals surface area contributed by atoms with Gasteiger partial charge in [-0.15, -0.1) is 5.10 Å². The van der Waals surface area contributed by atoms with Gasteiger partial charge in [0, 0.05) is 0 Å². The lowest BCUT2D eigenvalue weighted by molar-refractivity contribution is 0.229. The number of amidine groups is 1. The Balaban J connectivity index is 3.36. The minimum atomic E-state index is -0.0143. The fraction of sp³-hybridized carbons (Fsp3) is 0.583. The molecule has 0 fully saturated rings. The first kappa shape index (κ1) is 13.4. The maximum atomic E-state index is 7.67. The van der Waals surface area contributed by atoms with Crippen molar-refractivity contribution < 1.29 is 4.74 Å². The SMILES string of the molecule is CCc1nnc(OC(C)C)c(C(=N)N)c1CC. The Kier molecular flexibility index (Phi) is 4.43. The molecule has 17 heavy (non-hydrogen) atoms. The predicted molar refractivity (Wildman–Crippen MR) is 67.6 cm³/mol. The van der Waals surface area contributed by atoms with E-state index in [1.807, 2.05) is 27.7 Å². The fourth-order valence-corrected chi connectivity index (χ4v) is 1.74. The van der Waals surface area contributed by atoms with Gasteiger partial charge in [0.05, 0.1) is 17.4 Å². The van der Waals surface area contributed by atoms with Gasteiger partial charge in [-0.3, -0.25) is 5.41 Å². The molecule has 1 rings (SSSR count). The lowest BCUT2D eigenvalue weighted by Gasteiger charge is -2.16. The molecule has 0 aliphatic rings. The number of nitrogens with two attached hydrogens (primary N) is 1. The second kappa shape index (κ2) is 5.61. The third kappa shape index (κ3) is 2.93. The van der Waals surface area contributed by atoms with E-state index >= 15 is 0 Å². The lowest BCUT2D eigenvalue weighted by atomic mass is 10.0. The number of nitrogen functional groups attached to an aromatic ring is 1. The summed E-state index contributed by atoms with van der Waals surface area (Å²) >= 11 is 0. The van der Waals surface area contributed by atoms with Crippen LogP contribution in [0, 0.1) is 5.41 Å². The maximum Gasteiger partial charge on any atom is 0.245 e. The zero-order valence-corrected chi connectivity index (χ0v) is 10.9. The summed E-state index contributed by atoms with van der Waals surface area (Å²) in [5.41, 5.74) is 8.06. The molecular weight excluding hydrogens is 216 g/mol. The van der Waals surface area contributed by atoms with Gasteiger partial charge in [0.2, 0.25) is 5.88 Å². The van der Waals surface area contributed by atoms with Crippen LogP contribution in [0.2, 0.25) is 0 Å². The smallest absolute Gasteiger partial charge is 0.245 e. The van der Waals surface area contributed by atoms with Crippen molar-refractivity contribution in [3.63, 3.8) is 0 Å². The summed E-state index contributed by atoms with van der Waals surface area (Å²) in [5, 5.41) is 15.8. The van der Waals surface area contributed by atoms with Crippen molar-refractivity contribution in [3.05, 3.63) is 16.8 Å². The van der Waals surface area contributed by atoms with Crippen LogP contribution in [0.4, 0.5) is 0 Å². The largest absolute Gasteiger partial charge is 0.473 e. The summed E-state index contributed by atoms with van der Waals surface area (Å²) in [4.78, 5) is 0. The van der Waals surface area contributed by atoms with E-state index in [0.717, 1.165) is 24.1 Å². The highest BCUT2D eigenvalue weighted by Crippen LogP contribution is 2.22. The molecule has 0 saturated carbocycles. The van der Waals surface area contributed by atoms with Crippen molar-refractivity contribution in [1.82, 2.24) is 10.2 Å². The van der Waals surface area contributed by atoms with E-state index in [0.29, 0.717) is 11.4 Å². The number of ether oxygens (including phenoxy) is 1. The van der Waals surface area contributed by atoms with E-state index in [-0.39, 0.29) is 11.9 Å². The highest BCUT2D eigenvalue weighted by atomic mass is 16.5. The number of hydrogen-bond donors (Lipinski definition) is 2. The summed E-state index contributed by atoms with van der Waals surface area (Å²) < 4.78 is 5.55. The average molecular weight is 236 g/mol. The summed E-state index contributed by atoms with van der Waals surface area (Å²) in [6, 6.07) is 0. The van der Waals surface area contributed by atoms with E-state index in [1.54, 1.807) is 0 Å². The number of aryl methyl sites for hydroxylation is 1. The van der Waals surface area contributed by atoms with Crippen LogP contribution < -0.4 is 10.5 Å². The second-order valence-corrected chi connectivity index (χ2v) is 4.09. The molecule has 0 unspecified atom stereocenters. The third-order valence-corrected chi connectivity index (χ3v) is 2.43. The van der Waals surface area contributed by atoms with Crippen LogP contribution in [0.15, 0.2) is 0 Å². The number of nitrogens with zero attached hydrogens (tertiary/aromatic N) is 2. The molecule has 94 valence electrons. The van der Waals surface area contributed by atoms with Gasteiger partial charge in [0.1, 0.15) is 5.84 Å². The van der Waals surface area contributed by atoms with Crippen LogP contribution in [0.5, 0.6) is 5.88 Å². The van der Waals surface area contributed by atoms with Gasteiger partial charge in [-0.1, -0.05) is 13.8 Å². The van der Waals surface area contributed by atoms with E-state index < -0.39 is 0 Å². The topological polar surface area (TPSA) is 84.9 Å². The van der Waals surface area contributed by atoms with Crippen molar-refractivity contribution in [3.8, 4) is 5.88 Å². The highest BCUT2D eigenvalue weighted by molar-refractivity contribution is 5.98. The normalized spacial score (nSPS) is 10.6. The standard InChI is InChI=1S/C12H20N4O/c1-5-8-9(6-2)15-16-12(17-7(3)4)10(8)11(13)14/h7H,5-6H2,1-4H3,(H3,13,14). The molecule has 0 spiro atoms. The Morgan fingerprint density at radius 3 is 2.35 bits per heavy atom. The molecule has 5 nitrogen and oxygen atoms in total. The zero-order chi connectivity index (χ0) is 13.0. The van der Waals surface area contributed by atoms with E-state index in [9.17, 15) is 0 Å². The van der Waals surface area contributed by atoms with Crippen LogP contribution in [0.1, 0.15) is 44.5 Å². The van der Waals surface area contributed by atoms with Crippen LogP contribution in [-0.2, 0) is 12.8 Å². The summed E-state index contributed by atoms with van der Waals surface area (Å²) in [5.74, 6) is 0.351. The second-order valence-electron chi connectivity index (χ2n) is 4.09. The Labute approximate surface area is 102 Å². The molecule has 0 bridgehead atoms. The quantitative estimate of drug-likeness (QED) is 0.601. The molecule has 1 aromatic heterocycles. The van der Waals surface area contributed by atoms with Crippen LogP contribution in [-0.4, -0.2) is 22.1 Å². The van der Waals surface area contributed by atoms with Crippen LogP contribution in [0.25, 0.3) is 0 Å². The molecular formula is C12H20N4O. The molecule has 0 atom stereocenters. The van der Waals surface area contributed by atoms with Crippen LogP contribution in [0.3, 0.4) is 0 Å². The first-order chi connectivity index (χ1) is 8.01. The van der Waals surface area contributed by atoms with Gasteiger partial charge >= 0.3 is 0 Å². The molecule has 0 saturated heterocycles. The van der Waals surface area contributed by atoms with Gasteiger partial charge in [0.15, 0.2) is 0 Å². The van der Waals surface area contributed by atoms with Crippen molar-refractivity contribution >= 4 is 5.84 Å². The van der Waals surface area contributed by atoms with Crippen molar-refractivity contribution in [2.45, 2.75) is 46.6 Å². The van der Waals surface area contributed by atoms with E-state index in [1.165, 1.54) is 0 Å². The lowest BCUT2D eigenvalue weighted by Crippen LogP contribution is -2.21. The first-order valence-electron chi connectivity index (χ1n) is 5.90. The minimum Gasteiger partial charge on any atom is -0.473 e. The first-order valence-corrected chi connectivity index (χ1v) is 5.90.